The predicted molar refractivity (Wildman–Crippen MR) is 90.2 cm³/mol. The van der Waals surface area contributed by atoms with Crippen molar-refractivity contribution in [3.05, 3.63) is 29.3 Å². The van der Waals surface area contributed by atoms with Crippen molar-refractivity contribution < 1.29 is 16.8 Å². The third-order valence-corrected chi connectivity index (χ3v) is 5.91. The maximum atomic E-state index is 12.0. The predicted octanol–water partition coefficient (Wildman–Crippen LogP) is 1.40. The van der Waals surface area contributed by atoms with E-state index in [2.05, 4.69) is 4.72 Å². The first-order valence-electron chi connectivity index (χ1n) is 7.09. The summed E-state index contributed by atoms with van der Waals surface area (Å²) >= 11 is 0. The molecule has 0 aliphatic rings. The van der Waals surface area contributed by atoms with E-state index < -0.39 is 20.0 Å². The zero-order chi connectivity index (χ0) is 17.0. The molecule has 0 radical (unpaired) electrons. The van der Waals surface area contributed by atoms with Crippen molar-refractivity contribution in [1.82, 2.24) is 4.72 Å². The van der Waals surface area contributed by atoms with E-state index in [0.29, 0.717) is 12.1 Å². The van der Waals surface area contributed by atoms with Gasteiger partial charge in [-0.05, 0) is 37.5 Å². The minimum Gasteiger partial charge on any atom is -0.269 e. The third kappa shape index (κ3) is 5.58. The minimum atomic E-state index is -3.49. The number of hydrogen-bond donors (Lipinski definition) is 1. The molecule has 126 valence electrons. The topological polar surface area (TPSA) is 83.6 Å². The molecular weight excluding hydrogens is 324 g/mol. The van der Waals surface area contributed by atoms with Gasteiger partial charge in [-0.2, -0.15) is 0 Å². The molecule has 0 aromatic heterocycles. The fraction of sp³-hybridized carbons (Fsp3) is 0.571. The number of benzene rings is 1. The van der Waals surface area contributed by atoms with E-state index in [-0.39, 0.29) is 18.8 Å². The van der Waals surface area contributed by atoms with Crippen molar-refractivity contribution in [2.45, 2.75) is 27.2 Å². The molecular formula is C14H24N2O4S2. The maximum absolute atomic E-state index is 12.0. The van der Waals surface area contributed by atoms with Crippen molar-refractivity contribution >= 4 is 25.7 Å². The summed E-state index contributed by atoms with van der Waals surface area (Å²) in [6, 6.07) is 5.55. The van der Waals surface area contributed by atoms with Gasteiger partial charge in [-0.3, -0.25) is 4.31 Å². The molecule has 22 heavy (non-hydrogen) atoms. The van der Waals surface area contributed by atoms with Crippen molar-refractivity contribution in [1.29, 1.82) is 0 Å². The molecule has 0 bridgehead atoms. The van der Waals surface area contributed by atoms with Gasteiger partial charge >= 0.3 is 0 Å². The lowest BCUT2D eigenvalue weighted by molar-refractivity contribution is 0.577. The molecule has 0 atom stereocenters. The summed E-state index contributed by atoms with van der Waals surface area (Å²) in [5.41, 5.74) is 2.35. The largest absolute Gasteiger partial charge is 0.269 e. The fourth-order valence-corrected chi connectivity index (χ4v) is 4.16. The lowest BCUT2D eigenvalue weighted by Gasteiger charge is -2.24. The first-order chi connectivity index (χ1) is 10.1. The molecule has 0 saturated carbocycles. The van der Waals surface area contributed by atoms with Crippen LogP contribution in [0, 0.1) is 13.8 Å². The van der Waals surface area contributed by atoms with Gasteiger partial charge in [0, 0.05) is 13.1 Å². The molecule has 1 rings (SSSR count). The smallest absolute Gasteiger partial charge is 0.232 e. The number of anilines is 1. The van der Waals surface area contributed by atoms with Crippen molar-refractivity contribution in [3.63, 3.8) is 0 Å². The molecule has 0 saturated heterocycles. The molecule has 0 amide bonds. The Bertz CT molecular complexity index is 712. The lowest BCUT2D eigenvalue weighted by Crippen LogP contribution is -2.39. The Kier molecular flexibility index (Phi) is 6.39. The van der Waals surface area contributed by atoms with Crippen molar-refractivity contribution in [3.8, 4) is 0 Å². The van der Waals surface area contributed by atoms with E-state index in [1.165, 1.54) is 4.31 Å². The Morgan fingerprint density at radius 1 is 1.14 bits per heavy atom. The van der Waals surface area contributed by atoms with Gasteiger partial charge in [-0.1, -0.05) is 19.1 Å². The second-order valence-electron chi connectivity index (χ2n) is 5.34. The molecule has 1 aromatic carbocycles. The van der Waals surface area contributed by atoms with Gasteiger partial charge in [0.25, 0.3) is 0 Å². The molecule has 0 heterocycles. The molecule has 0 aliphatic carbocycles. The van der Waals surface area contributed by atoms with Gasteiger partial charge in [0.2, 0.25) is 20.0 Å². The zero-order valence-corrected chi connectivity index (χ0v) is 15.1. The Morgan fingerprint density at radius 3 is 2.32 bits per heavy atom. The van der Waals surface area contributed by atoms with E-state index in [1.54, 1.807) is 13.0 Å². The Morgan fingerprint density at radius 2 is 1.77 bits per heavy atom. The van der Waals surface area contributed by atoms with Crippen LogP contribution < -0.4 is 9.03 Å². The molecule has 0 unspecified atom stereocenters. The van der Waals surface area contributed by atoms with Crippen molar-refractivity contribution in [2.24, 2.45) is 0 Å². The van der Waals surface area contributed by atoms with Crippen molar-refractivity contribution in [2.75, 3.05) is 29.4 Å². The lowest BCUT2D eigenvalue weighted by atomic mass is 10.1. The summed E-state index contributed by atoms with van der Waals surface area (Å²) in [5, 5.41) is 0. The standard InChI is InChI=1S/C14H24N2O4S2/c1-5-10-22(19,20)15-8-9-16(21(4,17)18)14-11-12(2)6-7-13(14)3/h6-7,11,15H,5,8-10H2,1-4H3. The van der Waals surface area contributed by atoms with Crippen LogP contribution in [0.15, 0.2) is 18.2 Å². The van der Waals surface area contributed by atoms with E-state index in [1.807, 2.05) is 26.0 Å². The second-order valence-corrected chi connectivity index (χ2v) is 9.17. The summed E-state index contributed by atoms with van der Waals surface area (Å²) in [5.74, 6) is 0.0371. The maximum Gasteiger partial charge on any atom is 0.232 e. The Balaban J connectivity index is 2.95. The van der Waals surface area contributed by atoms with Gasteiger partial charge < -0.3 is 0 Å². The second kappa shape index (κ2) is 7.43. The summed E-state index contributed by atoms with van der Waals surface area (Å²) < 4.78 is 51.0. The van der Waals surface area contributed by atoms with E-state index in [9.17, 15) is 16.8 Å². The zero-order valence-electron chi connectivity index (χ0n) is 13.5. The van der Waals surface area contributed by atoms with Crippen LogP contribution >= 0.6 is 0 Å². The van der Waals surface area contributed by atoms with Crippen LogP contribution in [0.25, 0.3) is 0 Å². The SMILES string of the molecule is CCCS(=O)(=O)NCCN(c1cc(C)ccc1C)S(C)(=O)=O. The highest BCUT2D eigenvalue weighted by Gasteiger charge is 2.20. The number of nitrogens with zero attached hydrogens (tertiary/aromatic N) is 1. The van der Waals surface area contributed by atoms with Crippen LogP contribution in [0.5, 0.6) is 0 Å². The highest BCUT2D eigenvalue weighted by molar-refractivity contribution is 7.92. The molecule has 1 N–H and O–H groups in total. The van der Waals surface area contributed by atoms with Gasteiger partial charge in [0.05, 0.1) is 17.7 Å². The highest BCUT2D eigenvalue weighted by atomic mass is 32.2. The van der Waals surface area contributed by atoms with Crippen LogP contribution in [0.1, 0.15) is 24.5 Å². The first-order valence-corrected chi connectivity index (χ1v) is 10.6. The van der Waals surface area contributed by atoms with E-state index >= 15 is 0 Å². The summed E-state index contributed by atoms with van der Waals surface area (Å²) in [6.07, 6.45) is 1.64. The summed E-state index contributed by atoms with van der Waals surface area (Å²) in [7, 11) is -6.83. The molecule has 6 nitrogen and oxygen atoms in total. The quantitative estimate of drug-likeness (QED) is 0.770. The van der Waals surface area contributed by atoms with Gasteiger partial charge in [-0.25, -0.2) is 21.6 Å². The number of nitrogens with one attached hydrogen (secondary N) is 1. The van der Waals surface area contributed by atoms with Gasteiger partial charge in [0.1, 0.15) is 0 Å². The first kappa shape index (κ1) is 18.9. The molecule has 8 heteroatoms. The number of sulfonamides is 2. The number of aryl methyl sites for hydroxylation is 2. The van der Waals surface area contributed by atoms with Crippen LogP contribution in [0.3, 0.4) is 0 Å². The highest BCUT2D eigenvalue weighted by Crippen LogP contribution is 2.23. The van der Waals surface area contributed by atoms with Crippen LogP contribution in [0.4, 0.5) is 5.69 Å². The molecule has 0 fully saturated rings. The average molecular weight is 348 g/mol. The normalized spacial score (nSPS) is 12.4. The fourth-order valence-electron chi connectivity index (χ4n) is 2.10. The van der Waals surface area contributed by atoms with E-state index in [0.717, 1.165) is 17.4 Å². The summed E-state index contributed by atoms with van der Waals surface area (Å²) in [6.45, 7) is 5.59. The van der Waals surface area contributed by atoms with Gasteiger partial charge in [-0.15, -0.1) is 0 Å². The third-order valence-electron chi connectivity index (χ3n) is 3.14. The summed E-state index contributed by atoms with van der Waals surface area (Å²) in [4.78, 5) is 0. The monoisotopic (exact) mass is 348 g/mol. The van der Waals surface area contributed by atoms with Crippen LogP contribution in [-0.4, -0.2) is 41.9 Å². The molecule has 0 spiro atoms. The van der Waals surface area contributed by atoms with Gasteiger partial charge in [0.15, 0.2) is 0 Å². The molecule has 1 aromatic rings. The van der Waals surface area contributed by atoms with Crippen LogP contribution in [0.2, 0.25) is 0 Å². The number of hydrogen-bond acceptors (Lipinski definition) is 4. The number of rotatable bonds is 8. The average Bonchev–Trinajstić information content (AvgIpc) is 2.36. The minimum absolute atomic E-state index is 0.0371. The van der Waals surface area contributed by atoms with Crippen LogP contribution in [-0.2, 0) is 20.0 Å². The van der Waals surface area contributed by atoms with E-state index in [4.69, 9.17) is 0 Å². The molecule has 0 aliphatic heterocycles. The Labute approximate surface area is 133 Å². The Hall–Kier alpha value is -1.12.